The molecule has 0 aliphatic heterocycles. The Labute approximate surface area is 136 Å². The molecule has 0 spiro atoms. The molecule has 2 atom stereocenters. The number of methoxy groups -OCH3 is 2. The van der Waals surface area contributed by atoms with E-state index in [1.54, 1.807) is 14.2 Å². The van der Waals surface area contributed by atoms with E-state index in [1.165, 1.54) is 0 Å². The van der Waals surface area contributed by atoms with Crippen LogP contribution in [0.1, 0.15) is 31.7 Å². The van der Waals surface area contributed by atoms with E-state index in [-0.39, 0.29) is 6.61 Å². The van der Waals surface area contributed by atoms with Crippen LogP contribution in [-0.4, -0.2) is 35.5 Å². The number of aliphatic hydroxyl groups is 1. The first-order valence-corrected chi connectivity index (χ1v) is 8.13. The van der Waals surface area contributed by atoms with Crippen molar-refractivity contribution in [2.45, 2.75) is 31.7 Å². The largest absolute Gasteiger partial charge is 0.496 e. The molecule has 1 N–H and O–H groups in total. The molecule has 3 rings (SSSR count). The smallest absolute Gasteiger partial charge is 0.147 e. The van der Waals surface area contributed by atoms with Gasteiger partial charge in [-0.3, -0.25) is 0 Å². The van der Waals surface area contributed by atoms with Crippen molar-refractivity contribution < 1.29 is 14.6 Å². The zero-order valence-corrected chi connectivity index (χ0v) is 13.7. The minimum absolute atomic E-state index is 0.262. The fourth-order valence-corrected chi connectivity index (χ4v) is 3.55. The fraction of sp³-hybridized carbons (Fsp3) is 0.500. The molecule has 1 saturated carbocycles. The lowest BCUT2D eigenvalue weighted by Gasteiger charge is -2.30. The molecule has 0 bridgehead atoms. The first kappa shape index (κ1) is 15.9. The summed E-state index contributed by atoms with van der Waals surface area (Å²) < 4.78 is 13.3. The topological polar surface area (TPSA) is 56.5 Å². The van der Waals surface area contributed by atoms with Crippen LogP contribution in [0.5, 0.6) is 11.5 Å². The highest BCUT2D eigenvalue weighted by molar-refractivity contribution is 5.72. The number of benzene rings is 1. The molecule has 1 aromatic heterocycles. The summed E-state index contributed by atoms with van der Waals surface area (Å²) in [4.78, 5) is 4.57. The highest BCUT2D eigenvalue weighted by atomic mass is 16.5. The van der Waals surface area contributed by atoms with Crippen molar-refractivity contribution >= 4 is 0 Å². The van der Waals surface area contributed by atoms with E-state index >= 15 is 0 Å². The maximum atomic E-state index is 9.49. The lowest BCUT2D eigenvalue weighted by molar-refractivity contribution is 0.163. The number of rotatable bonds is 5. The third-order valence-electron chi connectivity index (χ3n) is 4.73. The van der Waals surface area contributed by atoms with Crippen LogP contribution in [0.2, 0.25) is 0 Å². The van der Waals surface area contributed by atoms with Crippen molar-refractivity contribution in [2.75, 3.05) is 20.8 Å². The van der Waals surface area contributed by atoms with Gasteiger partial charge < -0.3 is 19.1 Å². The third kappa shape index (κ3) is 3.06. The number of ether oxygens (including phenoxy) is 2. The maximum absolute atomic E-state index is 9.49. The van der Waals surface area contributed by atoms with E-state index in [4.69, 9.17) is 9.47 Å². The Morgan fingerprint density at radius 2 is 1.96 bits per heavy atom. The van der Waals surface area contributed by atoms with Crippen LogP contribution in [0.15, 0.2) is 30.6 Å². The molecule has 124 valence electrons. The summed E-state index contributed by atoms with van der Waals surface area (Å²) in [5.74, 6) is 2.75. The molecule has 1 aromatic carbocycles. The van der Waals surface area contributed by atoms with Gasteiger partial charge >= 0.3 is 0 Å². The molecule has 1 aliphatic carbocycles. The summed E-state index contributed by atoms with van der Waals surface area (Å²) in [6, 6.07) is 6.12. The van der Waals surface area contributed by atoms with Gasteiger partial charge in [0.2, 0.25) is 0 Å². The molecule has 2 aromatic rings. The average molecular weight is 316 g/mol. The SMILES string of the molecule is COc1cccc(OC)c1-c1nccn1[C@@H]1CCC[C@@H](CO)C1. The first-order valence-electron chi connectivity index (χ1n) is 8.13. The van der Waals surface area contributed by atoms with Crippen LogP contribution < -0.4 is 9.47 Å². The van der Waals surface area contributed by atoms with Gasteiger partial charge in [-0.15, -0.1) is 0 Å². The third-order valence-corrected chi connectivity index (χ3v) is 4.73. The molecule has 1 aliphatic rings. The molecule has 5 heteroatoms. The zero-order chi connectivity index (χ0) is 16.2. The number of nitrogens with zero attached hydrogens (tertiary/aromatic N) is 2. The summed E-state index contributed by atoms with van der Waals surface area (Å²) >= 11 is 0. The summed E-state index contributed by atoms with van der Waals surface area (Å²) in [5.41, 5.74) is 0.883. The second-order valence-electron chi connectivity index (χ2n) is 6.06. The van der Waals surface area contributed by atoms with E-state index in [2.05, 4.69) is 9.55 Å². The summed E-state index contributed by atoms with van der Waals surface area (Å²) in [7, 11) is 3.32. The average Bonchev–Trinajstić information content (AvgIpc) is 3.10. The Hall–Kier alpha value is -2.01. The number of aromatic nitrogens is 2. The molecule has 0 saturated heterocycles. The van der Waals surface area contributed by atoms with Crippen molar-refractivity contribution in [3.05, 3.63) is 30.6 Å². The Balaban J connectivity index is 2.02. The molecule has 0 radical (unpaired) electrons. The summed E-state index contributed by atoms with van der Waals surface area (Å²) in [6.07, 6.45) is 8.18. The van der Waals surface area contributed by atoms with Crippen LogP contribution in [0, 0.1) is 5.92 Å². The van der Waals surface area contributed by atoms with Crippen molar-refractivity contribution in [3.63, 3.8) is 0 Å². The highest BCUT2D eigenvalue weighted by Gasteiger charge is 2.26. The quantitative estimate of drug-likeness (QED) is 0.919. The summed E-state index contributed by atoms with van der Waals surface area (Å²) in [5, 5.41) is 9.49. The van der Waals surface area contributed by atoms with Gasteiger partial charge in [0.1, 0.15) is 22.9 Å². The highest BCUT2D eigenvalue weighted by Crippen LogP contribution is 2.41. The number of hydrogen-bond donors (Lipinski definition) is 1. The van der Waals surface area contributed by atoms with Crippen LogP contribution in [0.4, 0.5) is 0 Å². The zero-order valence-electron chi connectivity index (χ0n) is 13.7. The van der Waals surface area contributed by atoms with E-state index in [1.807, 2.05) is 30.6 Å². The Kier molecular flexibility index (Phi) is 4.86. The van der Waals surface area contributed by atoms with Crippen molar-refractivity contribution in [1.82, 2.24) is 9.55 Å². The number of hydrogen-bond acceptors (Lipinski definition) is 4. The van der Waals surface area contributed by atoms with Gasteiger partial charge in [-0.25, -0.2) is 4.98 Å². The van der Waals surface area contributed by atoms with Gasteiger partial charge in [0.05, 0.1) is 14.2 Å². The van der Waals surface area contributed by atoms with Crippen LogP contribution in [0.25, 0.3) is 11.4 Å². The summed E-state index contributed by atoms with van der Waals surface area (Å²) in [6.45, 7) is 0.262. The van der Waals surface area contributed by atoms with E-state index in [9.17, 15) is 5.11 Å². The Morgan fingerprint density at radius 1 is 1.22 bits per heavy atom. The van der Waals surface area contributed by atoms with Crippen molar-refractivity contribution in [1.29, 1.82) is 0 Å². The fourth-order valence-electron chi connectivity index (χ4n) is 3.55. The molecular formula is C18H24N2O3. The maximum Gasteiger partial charge on any atom is 0.147 e. The first-order chi connectivity index (χ1) is 11.3. The Morgan fingerprint density at radius 3 is 2.61 bits per heavy atom. The van der Waals surface area contributed by atoms with Gasteiger partial charge in [-0.2, -0.15) is 0 Å². The second kappa shape index (κ2) is 7.04. The number of imidazole rings is 1. The van der Waals surface area contributed by atoms with Crippen LogP contribution >= 0.6 is 0 Å². The normalized spacial score (nSPS) is 21.2. The second-order valence-corrected chi connectivity index (χ2v) is 6.06. The molecule has 0 unspecified atom stereocenters. The van der Waals surface area contributed by atoms with Gasteiger partial charge in [-0.1, -0.05) is 12.5 Å². The molecule has 1 heterocycles. The molecule has 0 amide bonds. The monoisotopic (exact) mass is 316 g/mol. The van der Waals surface area contributed by atoms with Crippen molar-refractivity contribution in [3.8, 4) is 22.9 Å². The number of aliphatic hydroxyl groups excluding tert-OH is 1. The lowest BCUT2D eigenvalue weighted by atomic mass is 9.86. The van der Waals surface area contributed by atoms with Crippen LogP contribution in [-0.2, 0) is 0 Å². The van der Waals surface area contributed by atoms with Crippen molar-refractivity contribution in [2.24, 2.45) is 5.92 Å². The van der Waals surface area contributed by atoms with Gasteiger partial charge in [0.25, 0.3) is 0 Å². The minimum Gasteiger partial charge on any atom is -0.496 e. The van der Waals surface area contributed by atoms with E-state index in [0.717, 1.165) is 48.6 Å². The predicted molar refractivity (Wildman–Crippen MR) is 88.8 cm³/mol. The lowest BCUT2D eigenvalue weighted by Crippen LogP contribution is -2.21. The van der Waals surface area contributed by atoms with Gasteiger partial charge in [-0.05, 0) is 37.3 Å². The van der Waals surface area contributed by atoms with E-state index < -0.39 is 0 Å². The molecular weight excluding hydrogens is 292 g/mol. The van der Waals surface area contributed by atoms with Gasteiger partial charge in [0, 0.05) is 25.0 Å². The van der Waals surface area contributed by atoms with E-state index in [0.29, 0.717) is 12.0 Å². The molecule has 5 nitrogen and oxygen atoms in total. The molecule has 23 heavy (non-hydrogen) atoms. The van der Waals surface area contributed by atoms with Gasteiger partial charge in [0.15, 0.2) is 0 Å². The minimum atomic E-state index is 0.262. The molecule has 1 fully saturated rings. The van der Waals surface area contributed by atoms with Crippen LogP contribution in [0.3, 0.4) is 0 Å². The Bertz CT molecular complexity index is 631. The predicted octanol–water partition coefficient (Wildman–Crippen LogP) is 3.29. The standard InChI is InChI=1S/C18H24N2O3/c1-22-15-7-4-8-16(23-2)17(15)18-19-9-10-20(18)14-6-3-5-13(11-14)12-21/h4,7-10,13-14,21H,3,5-6,11-12H2,1-2H3/t13-,14-/m1/s1.